The van der Waals surface area contributed by atoms with Gasteiger partial charge in [-0.25, -0.2) is 13.1 Å². The van der Waals surface area contributed by atoms with Crippen LogP contribution >= 0.6 is 0 Å². The van der Waals surface area contributed by atoms with Crippen LogP contribution in [0.25, 0.3) is 0 Å². The van der Waals surface area contributed by atoms with Gasteiger partial charge in [0.15, 0.2) is 0 Å². The van der Waals surface area contributed by atoms with E-state index in [0.29, 0.717) is 24.8 Å². The van der Waals surface area contributed by atoms with Crippen LogP contribution in [0.5, 0.6) is 0 Å². The summed E-state index contributed by atoms with van der Waals surface area (Å²) in [5.41, 5.74) is 0. The molecule has 0 aromatic rings. The van der Waals surface area contributed by atoms with Crippen LogP contribution in [0.3, 0.4) is 0 Å². The highest BCUT2D eigenvalue weighted by atomic mass is 32.2. The van der Waals surface area contributed by atoms with E-state index in [9.17, 15) is 8.42 Å². The molecular weight excluding hydrogens is 226 g/mol. The van der Waals surface area contributed by atoms with Gasteiger partial charge in [-0.3, -0.25) is 0 Å². The number of nitrogens with one attached hydrogen (secondary N) is 1. The van der Waals surface area contributed by atoms with Crippen molar-refractivity contribution in [3.63, 3.8) is 0 Å². The first-order valence-corrected chi connectivity index (χ1v) is 7.70. The van der Waals surface area contributed by atoms with Crippen LogP contribution in [0.4, 0.5) is 0 Å². The second-order valence-electron chi connectivity index (χ2n) is 4.80. The summed E-state index contributed by atoms with van der Waals surface area (Å²) >= 11 is 0. The van der Waals surface area contributed by atoms with E-state index in [-0.39, 0.29) is 11.9 Å². The van der Waals surface area contributed by atoms with Crippen molar-refractivity contribution in [1.29, 1.82) is 0 Å². The van der Waals surface area contributed by atoms with E-state index in [1.54, 1.807) is 0 Å². The summed E-state index contributed by atoms with van der Waals surface area (Å²) in [6.07, 6.45) is 1.81. The first-order chi connectivity index (χ1) is 7.46. The lowest BCUT2D eigenvalue weighted by Gasteiger charge is -2.22. The Kier molecular flexibility index (Phi) is 5.21. The molecule has 5 heteroatoms. The summed E-state index contributed by atoms with van der Waals surface area (Å²) < 4.78 is 31.3. The Bertz CT molecular complexity index is 300. The van der Waals surface area contributed by atoms with Crippen molar-refractivity contribution >= 4 is 10.0 Å². The molecular formula is C11H23NO3S. The molecule has 0 saturated carbocycles. The topological polar surface area (TPSA) is 55.4 Å². The summed E-state index contributed by atoms with van der Waals surface area (Å²) in [5.74, 6) is 0.988. The Balaban J connectivity index is 2.43. The Hall–Kier alpha value is -0.130. The first kappa shape index (κ1) is 13.9. The van der Waals surface area contributed by atoms with Crippen molar-refractivity contribution in [2.75, 3.05) is 18.9 Å². The van der Waals surface area contributed by atoms with E-state index >= 15 is 0 Å². The van der Waals surface area contributed by atoms with Gasteiger partial charge in [-0.1, -0.05) is 20.8 Å². The van der Waals surface area contributed by atoms with Crippen molar-refractivity contribution in [3.05, 3.63) is 0 Å². The van der Waals surface area contributed by atoms with E-state index in [4.69, 9.17) is 4.74 Å². The molecule has 0 spiro atoms. The average Bonchev–Trinajstić information content (AvgIpc) is 2.62. The van der Waals surface area contributed by atoms with Gasteiger partial charge in [-0.2, -0.15) is 0 Å². The van der Waals surface area contributed by atoms with E-state index in [2.05, 4.69) is 18.6 Å². The third kappa shape index (κ3) is 4.03. The maximum absolute atomic E-state index is 11.5. The van der Waals surface area contributed by atoms with Crippen molar-refractivity contribution in [1.82, 2.24) is 4.72 Å². The molecule has 0 aromatic carbocycles. The van der Waals surface area contributed by atoms with Crippen LogP contribution in [0.15, 0.2) is 0 Å². The van der Waals surface area contributed by atoms with Crippen LogP contribution in [0.1, 0.15) is 33.6 Å². The molecule has 1 aliphatic heterocycles. The lowest BCUT2D eigenvalue weighted by molar-refractivity contribution is 0.0551. The fourth-order valence-electron chi connectivity index (χ4n) is 2.19. The average molecular weight is 249 g/mol. The number of hydrogen-bond donors (Lipinski definition) is 1. The normalized spacial score (nSPS) is 26.5. The molecule has 0 bridgehead atoms. The van der Waals surface area contributed by atoms with Crippen LogP contribution in [0.2, 0.25) is 0 Å². The van der Waals surface area contributed by atoms with Gasteiger partial charge in [0.2, 0.25) is 10.0 Å². The zero-order valence-corrected chi connectivity index (χ0v) is 11.2. The van der Waals surface area contributed by atoms with E-state index in [0.717, 1.165) is 13.0 Å². The van der Waals surface area contributed by atoms with E-state index < -0.39 is 10.0 Å². The molecule has 0 aromatic heterocycles. The highest BCUT2D eigenvalue weighted by molar-refractivity contribution is 7.89. The van der Waals surface area contributed by atoms with E-state index in [1.807, 2.05) is 6.92 Å². The van der Waals surface area contributed by atoms with Crippen LogP contribution in [0, 0.1) is 11.8 Å². The van der Waals surface area contributed by atoms with Gasteiger partial charge in [0, 0.05) is 19.1 Å². The third-order valence-electron chi connectivity index (χ3n) is 2.96. The fraction of sp³-hybridized carbons (Fsp3) is 1.00. The number of hydrogen-bond acceptors (Lipinski definition) is 3. The molecule has 0 radical (unpaired) electrons. The smallest absolute Gasteiger partial charge is 0.211 e. The lowest BCUT2D eigenvalue weighted by atomic mass is 9.93. The summed E-state index contributed by atoms with van der Waals surface area (Å²) in [4.78, 5) is 0. The van der Waals surface area contributed by atoms with Crippen molar-refractivity contribution in [3.8, 4) is 0 Å². The van der Waals surface area contributed by atoms with Crippen molar-refractivity contribution in [2.45, 2.75) is 39.7 Å². The molecule has 1 rings (SSSR count). The van der Waals surface area contributed by atoms with Gasteiger partial charge < -0.3 is 4.74 Å². The Labute approximate surface area is 98.8 Å². The Morgan fingerprint density at radius 1 is 1.44 bits per heavy atom. The molecule has 1 N–H and O–H groups in total. The lowest BCUT2D eigenvalue weighted by Crippen LogP contribution is -2.35. The van der Waals surface area contributed by atoms with Crippen molar-refractivity contribution in [2.24, 2.45) is 11.8 Å². The SMILES string of the molecule is CCCS(=O)(=O)NC[C@@H]1CCO[C@@H]1C(C)C. The quantitative estimate of drug-likeness (QED) is 0.773. The summed E-state index contributed by atoms with van der Waals surface area (Å²) in [5, 5.41) is 0. The van der Waals surface area contributed by atoms with Crippen LogP contribution < -0.4 is 4.72 Å². The predicted molar refractivity (Wildman–Crippen MR) is 64.8 cm³/mol. The van der Waals surface area contributed by atoms with Crippen LogP contribution in [-0.4, -0.2) is 33.4 Å². The van der Waals surface area contributed by atoms with Gasteiger partial charge in [0.1, 0.15) is 0 Å². The standard InChI is InChI=1S/C11H23NO3S/c1-4-7-16(13,14)12-8-10-5-6-15-11(10)9(2)3/h9-12H,4-8H2,1-3H3/t10-,11+/m0/s1. The zero-order valence-electron chi connectivity index (χ0n) is 10.4. The zero-order chi connectivity index (χ0) is 12.2. The second-order valence-corrected chi connectivity index (χ2v) is 6.72. The minimum Gasteiger partial charge on any atom is -0.378 e. The summed E-state index contributed by atoms with van der Waals surface area (Å²) in [6, 6.07) is 0. The predicted octanol–water partition coefficient (Wildman–Crippen LogP) is 1.38. The number of sulfonamides is 1. The Morgan fingerprint density at radius 3 is 2.69 bits per heavy atom. The third-order valence-corrected chi connectivity index (χ3v) is 4.51. The minimum absolute atomic E-state index is 0.198. The molecule has 0 unspecified atom stereocenters. The van der Waals surface area contributed by atoms with Gasteiger partial charge in [-0.05, 0) is 18.8 Å². The molecule has 4 nitrogen and oxygen atoms in total. The summed E-state index contributed by atoms with van der Waals surface area (Å²) in [6.45, 7) is 7.37. The van der Waals surface area contributed by atoms with Gasteiger partial charge in [-0.15, -0.1) is 0 Å². The maximum Gasteiger partial charge on any atom is 0.211 e. The maximum atomic E-state index is 11.5. The highest BCUT2D eigenvalue weighted by Crippen LogP contribution is 2.26. The number of rotatable bonds is 6. The second kappa shape index (κ2) is 5.98. The Morgan fingerprint density at radius 2 is 2.12 bits per heavy atom. The molecule has 0 aliphatic carbocycles. The molecule has 0 amide bonds. The monoisotopic (exact) mass is 249 g/mol. The molecule has 1 heterocycles. The first-order valence-electron chi connectivity index (χ1n) is 6.05. The molecule has 1 fully saturated rings. The van der Waals surface area contributed by atoms with Crippen LogP contribution in [-0.2, 0) is 14.8 Å². The number of ether oxygens (including phenoxy) is 1. The molecule has 1 aliphatic rings. The van der Waals surface area contributed by atoms with Gasteiger partial charge in [0.05, 0.1) is 11.9 Å². The molecule has 16 heavy (non-hydrogen) atoms. The molecule has 2 atom stereocenters. The highest BCUT2D eigenvalue weighted by Gasteiger charge is 2.31. The fourth-order valence-corrected chi connectivity index (χ4v) is 3.34. The minimum atomic E-state index is -3.07. The van der Waals surface area contributed by atoms with Gasteiger partial charge in [0.25, 0.3) is 0 Å². The summed E-state index contributed by atoms with van der Waals surface area (Å²) in [7, 11) is -3.07. The molecule has 1 saturated heterocycles. The van der Waals surface area contributed by atoms with Gasteiger partial charge >= 0.3 is 0 Å². The molecule has 96 valence electrons. The van der Waals surface area contributed by atoms with Crippen molar-refractivity contribution < 1.29 is 13.2 Å². The largest absolute Gasteiger partial charge is 0.378 e. The van der Waals surface area contributed by atoms with E-state index in [1.165, 1.54) is 0 Å².